The lowest BCUT2D eigenvalue weighted by molar-refractivity contribution is -0.169. The summed E-state index contributed by atoms with van der Waals surface area (Å²) >= 11 is 0. The Morgan fingerprint density at radius 3 is 2.40 bits per heavy atom. The van der Waals surface area contributed by atoms with E-state index in [4.69, 9.17) is 9.47 Å². The van der Waals surface area contributed by atoms with Crippen LogP contribution in [0.3, 0.4) is 0 Å². The van der Waals surface area contributed by atoms with Crippen LogP contribution in [-0.4, -0.2) is 61.1 Å². The van der Waals surface area contributed by atoms with Crippen molar-refractivity contribution in [1.82, 2.24) is 9.97 Å². The minimum absolute atomic E-state index is 0.215. The number of anilines is 3. The molecule has 2 fully saturated rings. The van der Waals surface area contributed by atoms with E-state index in [2.05, 4.69) is 40.1 Å². The summed E-state index contributed by atoms with van der Waals surface area (Å²) in [5.74, 6) is -2.11. The molecule has 2 atom stereocenters. The summed E-state index contributed by atoms with van der Waals surface area (Å²) in [6, 6.07) is 9.82. The number of benzene rings is 1. The molecule has 5 rings (SSSR count). The van der Waals surface area contributed by atoms with Crippen LogP contribution in [0.2, 0.25) is 0 Å². The third-order valence-corrected chi connectivity index (χ3v) is 7.27. The highest BCUT2D eigenvalue weighted by Gasteiger charge is 2.42. The average Bonchev–Trinajstić information content (AvgIpc) is 3.32. The molecule has 10 nitrogen and oxygen atoms in total. The van der Waals surface area contributed by atoms with Crippen LogP contribution in [0.5, 0.6) is 0 Å². The highest BCUT2D eigenvalue weighted by Crippen LogP contribution is 2.39. The van der Waals surface area contributed by atoms with Crippen LogP contribution in [0.4, 0.5) is 17.5 Å². The van der Waals surface area contributed by atoms with Gasteiger partial charge in [0.05, 0.1) is 24.8 Å². The summed E-state index contributed by atoms with van der Waals surface area (Å²) in [6.45, 7) is 8.31. The van der Waals surface area contributed by atoms with Gasteiger partial charge in [-0.25, -0.2) is 0 Å². The van der Waals surface area contributed by atoms with E-state index < -0.39 is 23.5 Å². The summed E-state index contributed by atoms with van der Waals surface area (Å²) < 4.78 is 11.6. The lowest BCUT2D eigenvalue weighted by Gasteiger charge is -2.38. The second kappa shape index (κ2) is 9.32. The number of rotatable bonds is 5. The highest BCUT2D eigenvalue weighted by molar-refractivity contribution is 5.98. The van der Waals surface area contributed by atoms with Crippen molar-refractivity contribution in [2.45, 2.75) is 38.4 Å². The Bertz CT molecular complexity index is 1180. The number of nitrogens with zero attached hydrogens (tertiary/aromatic N) is 4. The first-order valence-electron chi connectivity index (χ1n) is 12.2. The molecule has 3 aliphatic heterocycles. The van der Waals surface area contributed by atoms with Crippen molar-refractivity contribution in [3.63, 3.8) is 0 Å². The molecular weight excluding hydrogens is 448 g/mol. The Balaban J connectivity index is 1.47. The molecule has 4 heterocycles. The fraction of sp³-hybridized carbons (Fsp3) is 0.520. The predicted octanol–water partition coefficient (Wildman–Crippen LogP) is 2.18. The van der Waals surface area contributed by atoms with E-state index in [1.807, 2.05) is 29.2 Å². The number of piperidine rings is 1. The SMILES string of the molecule is CCN(CC)c1ccc(C2c3c(nc(N4CCC5(CC4)OCCO5)[nH]c3=O)NC(=O)C2C#N)cc1. The number of H-pyrrole nitrogens is 1. The van der Waals surface area contributed by atoms with Crippen molar-refractivity contribution in [3.8, 4) is 6.07 Å². The topological polar surface area (TPSA) is 124 Å². The highest BCUT2D eigenvalue weighted by atomic mass is 16.7. The Labute approximate surface area is 203 Å². The number of aromatic nitrogens is 2. The van der Waals surface area contributed by atoms with Crippen LogP contribution < -0.4 is 20.7 Å². The molecule has 35 heavy (non-hydrogen) atoms. The van der Waals surface area contributed by atoms with E-state index in [0.717, 1.165) is 24.3 Å². The molecule has 1 aromatic heterocycles. The van der Waals surface area contributed by atoms with Gasteiger partial charge in [0.2, 0.25) is 11.9 Å². The third kappa shape index (κ3) is 4.15. The normalized spacial score (nSPS) is 23.0. The molecule has 2 N–H and O–H groups in total. The molecule has 2 aromatic rings. The van der Waals surface area contributed by atoms with E-state index in [-0.39, 0.29) is 11.4 Å². The summed E-state index contributed by atoms with van der Waals surface area (Å²) in [6.07, 6.45) is 1.33. The molecular formula is C25H30N6O4. The predicted molar refractivity (Wildman–Crippen MR) is 131 cm³/mol. The van der Waals surface area contributed by atoms with Crippen LogP contribution in [0.25, 0.3) is 0 Å². The standard InChI is InChI=1S/C25H30N6O4/c1-3-30(4-2)17-7-5-16(6-8-17)19-18(15-26)22(32)27-21-20(19)23(33)29-24(28-21)31-11-9-25(10-12-31)34-13-14-35-25/h5-8,18-19H,3-4,9-14H2,1-2H3,(H2,27,28,29,32,33). The van der Waals surface area contributed by atoms with Gasteiger partial charge in [0.1, 0.15) is 11.7 Å². The van der Waals surface area contributed by atoms with Crippen molar-refractivity contribution in [2.75, 3.05) is 54.5 Å². The molecule has 0 radical (unpaired) electrons. The lowest BCUT2D eigenvalue weighted by Crippen LogP contribution is -2.46. The molecule has 1 aromatic carbocycles. The number of nitrogens with one attached hydrogen (secondary N) is 2. The summed E-state index contributed by atoms with van der Waals surface area (Å²) in [5, 5.41) is 12.5. The van der Waals surface area contributed by atoms with E-state index in [9.17, 15) is 14.9 Å². The van der Waals surface area contributed by atoms with E-state index >= 15 is 0 Å². The van der Waals surface area contributed by atoms with E-state index in [0.29, 0.717) is 50.7 Å². The zero-order valence-electron chi connectivity index (χ0n) is 20.0. The smallest absolute Gasteiger partial charge is 0.258 e. The average molecular weight is 479 g/mol. The van der Waals surface area contributed by atoms with Crippen molar-refractivity contribution >= 4 is 23.4 Å². The molecule has 2 unspecified atom stereocenters. The third-order valence-electron chi connectivity index (χ3n) is 7.27. The van der Waals surface area contributed by atoms with Crippen LogP contribution in [0.15, 0.2) is 29.1 Å². The van der Waals surface area contributed by atoms with E-state index in [1.54, 1.807) is 0 Å². The number of carbonyl (C=O) groups excluding carboxylic acids is 1. The fourth-order valence-corrected chi connectivity index (χ4v) is 5.33. The van der Waals surface area contributed by atoms with Gasteiger partial charge in [0.15, 0.2) is 5.79 Å². The maximum Gasteiger partial charge on any atom is 0.258 e. The molecule has 0 aliphatic carbocycles. The van der Waals surface area contributed by atoms with Crippen LogP contribution in [0.1, 0.15) is 43.7 Å². The summed E-state index contributed by atoms with van der Waals surface area (Å²) in [4.78, 5) is 37.9. The minimum Gasteiger partial charge on any atom is -0.372 e. The molecule has 3 aliphatic rings. The van der Waals surface area contributed by atoms with Crippen LogP contribution in [0, 0.1) is 17.2 Å². The largest absolute Gasteiger partial charge is 0.372 e. The monoisotopic (exact) mass is 478 g/mol. The molecule has 0 bridgehead atoms. The van der Waals surface area contributed by atoms with Crippen molar-refractivity contribution < 1.29 is 14.3 Å². The Morgan fingerprint density at radius 2 is 1.80 bits per heavy atom. The summed E-state index contributed by atoms with van der Waals surface area (Å²) in [7, 11) is 0. The van der Waals surface area contributed by atoms with Crippen molar-refractivity contribution in [1.29, 1.82) is 5.26 Å². The van der Waals surface area contributed by atoms with Gasteiger partial charge in [-0.3, -0.25) is 14.6 Å². The molecule has 1 spiro atoms. The number of nitriles is 1. The van der Waals surface area contributed by atoms with Gasteiger partial charge in [-0.2, -0.15) is 10.2 Å². The summed E-state index contributed by atoms with van der Waals surface area (Å²) in [5.41, 5.74) is 1.75. The van der Waals surface area contributed by atoms with Gasteiger partial charge in [0, 0.05) is 50.6 Å². The van der Waals surface area contributed by atoms with E-state index in [1.165, 1.54) is 0 Å². The maximum atomic E-state index is 13.4. The Hall–Kier alpha value is -3.42. The van der Waals surface area contributed by atoms with Gasteiger partial charge >= 0.3 is 0 Å². The number of fused-ring (bicyclic) bond motifs is 1. The first kappa shape index (κ1) is 23.3. The first-order valence-corrected chi connectivity index (χ1v) is 12.2. The van der Waals surface area contributed by atoms with Crippen molar-refractivity contribution in [3.05, 3.63) is 45.7 Å². The first-order chi connectivity index (χ1) is 17.0. The second-order valence-electron chi connectivity index (χ2n) is 9.08. The number of aromatic amines is 1. The number of hydrogen-bond acceptors (Lipinski definition) is 8. The van der Waals surface area contributed by atoms with Gasteiger partial charge in [-0.05, 0) is 31.5 Å². The van der Waals surface area contributed by atoms with Crippen molar-refractivity contribution in [2.24, 2.45) is 5.92 Å². The minimum atomic E-state index is -1.03. The maximum absolute atomic E-state index is 13.4. The number of amides is 1. The molecule has 10 heteroatoms. The molecule has 2 saturated heterocycles. The van der Waals surface area contributed by atoms with Crippen LogP contribution in [-0.2, 0) is 14.3 Å². The second-order valence-corrected chi connectivity index (χ2v) is 9.08. The number of carbonyl (C=O) groups is 1. The molecule has 0 saturated carbocycles. The number of hydrogen-bond donors (Lipinski definition) is 2. The van der Waals surface area contributed by atoms with Gasteiger partial charge in [-0.1, -0.05) is 12.1 Å². The van der Waals surface area contributed by atoms with Gasteiger partial charge in [0.25, 0.3) is 5.56 Å². The zero-order chi connectivity index (χ0) is 24.6. The van der Waals surface area contributed by atoms with Crippen LogP contribution >= 0.6 is 0 Å². The zero-order valence-corrected chi connectivity index (χ0v) is 20.0. The Morgan fingerprint density at radius 1 is 1.14 bits per heavy atom. The van der Waals surface area contributed by atoms with Gasteiger partial charge in [-0.15, -0.1) is 0 Å². The number of ether oxygens (including phenoxy) is 2. The quantitative estimate of drug-likeness (QED) is 0.670. The van der Waals surface area contributed by atoms with Gasteiger partial charge < -0.3 is 24.6 Å². The molecule has 1 amide bonds. The molecule has 184 valence electrons. The lowest BCUT2D eigenvalue weighted by atomic mass is 9.79. The fourth-order valence-electron chi connectivity index (χ4n) is 5.33. The Kier molecular flexibility index (Phi) is 6.21.